The molecule has 0 fully saturated rings. The van der Waals surface area contributed by atoms with Crippen LogP contribution in [0.4, 0.5) is 0 Å². The van der Waals surface area contributed by atoms with E-state index in [9.17, 15) is 9.59 Å². The molecule has 6 rings (SSSR count). The van der Waals surface area contributed by atoms with Crippen LogP contribution < -0.4 is 10.3 Å². The molecule has 174 valence electrons. The summed E-state index contributed by atoms with van der Waals surface area (Å²) >= 11 is 0. The lowest BCUT2D eigenvalue weighted by molar-refractivity contribution is -0.131. The summed E-state index contributed by atoms with van der Waals surface area (Å²) < 4.78 is 12.7. The van der Waals surface area contributed by atoms with Gasteiger partial charge in [0.15, 0.2) is 5.76 Å². The molecule has 0 atom stereocenters. The molecule has 0 amide bonds. The van der Waals surface area contributed by atoms with Crippen molar-refractivity contribution < 1.29 is 13.9 Å². The third-order valence-corrected chi connectivity index (χ3v) is 5.89. The summed E-state index contributed by atoms with van der Waals surface area (Å²) in [6.45, 7) is 1.34. The Hall–Kier alpha value is -5.04. The lowest BCUT2D eigenvalue weighted by atomic mass is 10.0. The number of nitrogens with zero attached hydrogens (tertiary/aromatic N) is 3. The third kappa shape index (κ3) is 3.73. The Bertz CT molecular complexity index is 1850. The van der Waals surface area contributed by atoms with Crippen LogP contribution in [0, 0.1) is 0 Å². The van der Waals surface area contributed by atoms with E-state index in [0.717, 1.165) is 16.2 Å². The first-order valence-corrected chi connectivity index (χ1v) is 11.3. The number of fused-ring (bicyclic) bond motifs is 3. The van der Waals surface area contributed by atoms with Gasteiger partial charge >= 0.3 is 5.97 Å². The molecule has 0 saturated carbocycles. The maximum Gasteiger partial charge on any atom is 0.308 e. The van der Waals surface area contributed by atoms with Gasteiger partial charge in [-0.15, -0.1) is 0 Å². The van der Waals surface area contributed by atoms with Crippen LogP contribution in [0.3, 0.4) is 0 Å². The Kier molecular flexibility index (Phi) is 5.15. The van der Waals surface area contributed by atoms with Gasteiger partial charge in [-0.2, -0.15) is 9.78 Å². The largest absolute Gasteiger partial charge is 0.453 e. The summed E-state index contributed by atoms with van der Waals surface area (Å²) in [6, 6.07) is 27.8. The van der Waals surface area contributed by atoms with Crippen molar-refractivity contribution in [1.82, 2.24) is 9.66 Å². The minimum atomic E-state index is -0.451. The number of aromatic nitrogens is 2. The first kappa shape index (κ1) is 21.5. The van der Waals surface area contributed by atoms with Crippen LogP contribution in [0.5, 0.6) is 5.75 Å². The maximum atomic E-state index is 13.6. The van der Waals surface area contributed by atoms with Crippen molar-refractivity contribution in [2.45, 2.75) is 6.92 Å². The van der Waals surface area contributed by atoms with Gasteiger partial charge in [0.25, 0.3) is 5.56 Å². The van der Waals surface area contributed by atoms with Crippen LogP contribution in [0.15, 0.2) is 105 Å². The van der Waals surface area contributed by atoms with Gasteiger partial charge in [0.1, 0.15) is 11.3 Å². The quantitative estimate of drug-likeness (QED) is 0.184. The number of hydrogen-bond acceptors (Lipinski definition) is 6. The Morgan fingerprint density at radius 2 is 1.64 bits per heavy atom. The fourth-order valence-electron chi connectivity index (χ4n) is 4.25. The van der Waals surface area contributed by atoms with E-state index in [-0.39, 0.29) is 11.4 Å². The molecule has 0 N–H and O–H groups in total. The average molecular weight is 473 g/mol. The van der Waals surface area contributed by atoms with E-state index < -0.39 is 5.97 Å². The lowest BCUT2D eigenvalue weighted by Gasteiger charge is -2.10. The third-order valence-electron chi connectivity index (χ3n) is 5.89. The predicted molar refractivity (Wildman–Crippen MR) is 139 cm³/mol. The number of benzene rings is 4. The van der Waals surface area contributed by atoms with Gasteiger partial charge in [-0.25, -0.2) is 4.98 Å². The molecule has 0 unspecified atom stereocenters. The number of ether oxygens (including phenoxy) is 1. The van der Waals surface area contributed by atoms with Gasteiger partial charge in [0.05, 0.1) is 17.1 Å². The van der Waals surface area contributed by atoms with E-state index in [1.807, 2.05) is 66.7 Å². The number of furan rings is 1. The van der Waals surface area contributed by atoms with Gasteiger partial charge < -0.3 is 9.15 Å². The monoisotopic (exact) mass is 473 g/mol. The van der Waals surface area contributed by atoms with Crippen molar-refractivity contribution in [3.8, 4) is 17.3 Å². The van der Waals surface area contributed by atoms with E-state index >= 15 is 0 Å². The molecule has 0 spiro atoms. The molecule has 0 aliphatic heterocycles. The van der Waals surface area contributed by atoms with Gasteiger partial charge in [-0.05, 0) is 41.1 Å². The van der Waals surface area contributed by atoms with Crippen LogP contribution in [0.25, 0.3) is 44.2 Å². The molecule has 0 radical (unpaired) electrons. The normalized spacial score (nSPS) is 11.6. The topological polar surface area (TPSA) is 86.7 Å². The number of para-hydroxylation sites is 2. The van der Waals surface area contributed by atoms with Crippen LogP contribution in [0.2, 0.25) is 0 Å². The number of hydrogen-bond donors (Lipinski definition) is 0. The zero-order valence-corrected chi connectivity index (χ0v) is 19.2. The SMILES string of the molecule is CC(=O)Oc1ccc2ccccc2c1C=Nn1c(-c2cc3ccccc3o2)nc2ccccc2c1=O. The van der Waals surface area contributed by atoms with Gasteiger partial charge in [0, 0.05) is 17.9 Å². The summed E-state index contributed by atoms with van der Waals surface area (Å²) in [6.07, 6.45) is 1.52. The number of rotatable bonds is 4. The van der Waals surface area contributed by atoms with Crippen molar-refractivity contribution in [3.05, 3.63) is 107 Å². The summed E-state index contributed by atoms with van der Waals surface area (Å²) in [7, 11) is 0. The van der Waals surface area contributed by atoms with E-state index in [1.54, 1.807) is 24.3 Å². The highest BCUT2D eigenvalue weighted by molar-refractivity contribution is 6.03. The van der Waals surface area contributed by atoms with Gasteiger partial charge in [0.2, 0.25) is 5.82 Å². The Morgan fingerprint density at radius 1 is 0.917 bits per heavy atom. The molecular formula is C29H19N3O4. The lowest BCUT2D eigenvalue weighted by Crippen LogP contribution is -2.20. The zero-order chi connectivity index (χ0) is 24.6. The molecule has 0 aliphatic rings. The highest BCUT2D eigenvalue weighted by atomic mass is 16.5. The standard InChI is InChI=1S/C29H19N3O4/c1-18(33)35-26-15-14-19-8-2-4-10-21(19)23(26)17-30-32-28(27-16-20-9-3-7-13-25(20)36-27)31-24-12-6-5-11-22(24)29(32)34/h2-17H,1H3. The van der Waals surface area contributed by atoms with Crippen molar-refractivity contribution in [1.29, 1.82) is 0 Å². The second-order valence-electron chi connectivity index (χ2n) is 8.25. The van der Waals surface area contributed by atoms with Crippen molar-refractivity contribution in [2.75, 3.05) is 0 Å². The number of carbonyl (C=O) groups is 1. The van der Waals surface area contributed by atoms with Crippen LogP contribution in [0.1, 0.15) is 12.5 Å². The molecule has 7 nitrogen and oxygen atoms in total. The molecule has 36 heavy (non-hydrogen) atoms. The molecule has 6 aromatic rings. The van der Waals surface area contributed by atoms with Crippen LogP contribution >= 0.6 is 0 Å². The zero-order valence-electron chi connectivity index (χ0n) is 19.2. The summed E-state index contributed by atoms with van der Waals surface area (Å²) in [4.78, 5) is 30.0. The minimum Gasteiger partial charge on any atom is -0.453 e. The van der Waals surface area contributed by atoms with Crippen LogP contribution in [-0.2, 0) is 4.79 Å². The Labute approximate surface area is 204 Å². The minimum absolute atomic E-state index is 0.264. The van der Waals surface area contributed by atoms with E-state index in [0.29, 0.717) is 33.6 Å². The van der Waals surface area contributed by atoms with Crippen LogP contribution in [-0.4, -0.2) is 21.8 Å². The summed E-state index contributed by atoms with van der Waals surface area (Å²) in [5.74, 6) is 0.569. The second-order valence-corrected chi connectivity index (χ2v) is 8.25. The second kappa shape index (κ2) is 8.63. The Balaban J connectivity index is 1.60. The fraction of sp³-hybridized carbons (Fsp3) is 0.0345. The van der Waals surface area contributed by atoms with Crippen molar-refractivity contribution in [2.24, 2.45) is 5.10 Å². The van der Waals surface area contributed by atoms with E-state index in [1.165, 1.54) is 17.8 Å². The fourth-order valence-corrected chi connectivity index (χ4v) is 4.25. The maximum absolute atomic E-state index is 13.6. The predicted octanol–water partition coefficient (Wildman–Crippen LogP) is 5.77. The smallest absolute Gasteiger partial charge is 0.308 e. The molecule has 0 aliphatic carbocycles. The molecule has 4 aromatic carbocycles. The number of esters is 1. The molecule has 7 heteroatoms. The molecule has 2 aromatic heterocycles. The van der Waals surface area contributed by atoms with Crippen molar-refractivity contribution in [3.63, 3.8) is 0 Å². The highest BCUT2D eigenvalue weighted by Gasteiger charge is 2.17. The Morgan fingerprint density at radius 3 is 2.44 bits per heavy atom. The van der Waals surface area contributed by atoms with Crippen molar-refractivity contribution >= 4 is 44.8 Å². The average Bonchev–Trinajstić information content (AvgIpc) is 3.33. The first-order valence-electron chi connectivity index (χ1n) is 11.3. The molecular weight excluding hydrogens is 454 g/mol. The molecule has 2 heterocycles. The molecule has 0 bridgehead atoms. The summed E-state index contributed by atoms with van der Waals surface area (Å²) in [5.41, 5.74) is 1.44. The van der Waals surface area contributed by atoms with E-state index in [2.05, 4.69) is 5.10 Å². The summed E-state index contributed by atoms with van der Waals surface area (Å²) in [5, 5.41) is 7.63. The first-order chi connectivity index (χ1) is 17.6. The van der Waals surface area contributed by atoms with Gasteiger partial charge in [-0.3, -0.25) is 9.59 Å². The number of carbonyl (C=O) groups excluding carboxylic acids is 1. The highest BCUT2D eigenvalue weighted by Crippen LogP contribution is 2.29. The van der Waals surface area contributed by atoms with E-state index in [4.69, 9.17) is 14.1 Å². The molecule has 0 saturated heterocycles. The van der Waals surface area contributed by atoms with Gasteiger partial charge in [-0.1, -0.05) is 60.7 Å².